The highest BCUT2D eigenvalue weighted by atomic mass is 79.9. The standard InChI is InChI=1S/C14H14BrClN2/c1-3-4-12-17-13(9(2)14(16)18-12)10-5-7-11(15)8-6-10/h5-8H,3-4H2,1-2H3. The summed E-state index contributed by atoms with van der Waals surface area (Å²) in [4.78, 5) is 8.92. The summed E-state index contributed by atoms with van der Waals surface area (Å²) in [5.41, 5.74) is 2.92. The van der Waals surface area contributed by atoms with Gasteiger partial charge in [-0.15, -0.1) is 0 Å². The van der Waals surface area contributed by atoms with Gasteiger partial charge >= 0.3 is 0 Å². The lowest BCUT2D eigenvalue weighted by atomic mass is 10.1. The number of benzene rings is 1. The van der Waals surface area contributed by atoms with Crippen molar-refractivity contribution in [2.24, 2.45) is 0 Å². The Labute approximate surface area is 121 Å². The van der Waals surface area contributed by atoms with Crippen LogP contribution in [0.3, 0.4) is 0 Å². The average molecular weight is 326 g/mol. The van der Waals surface area contributed by atoms with Gasteiger partial charge in [0.2, 0.25) is 0 Å². The first-order valence-corrected chi connectivity index (χ1v) is 7.08. The van der Waals surface area contributed by atoms with Gasteiger partial charge in [-0.3, -0.25) is 0 Å². The molecule has 0 bridgehead atoms. The molecule has 0 fully saturated rings. The Hall–Kier alpha value is -0.930. The molecule has 2 rings (SSSR count). The molecule has 1 aromatic carbocycles. The Morgan fingerprint density at radius 2 is 1.83 bits per heavy atom. The smallest absolute Gasteiger partial charge is 0.136 e. The van der Waals surface area contributed by atoms with Crippen molar-refractivity contribution in [2.45, 2.75) is 26.7 Å². The van der Waals surface area contributed by atoms with Crippen molar-refractivity contribution in [2.75, 3.05) is 0 Å². The molecule has 0 saturated carbocycles. The highest BCUT2D eigenvalue weighted by Crippen LogP contribution is 2.27. The molecule has 0 aliphatic rings. The van der Waals surface area contributed by atoms with Crippen LogP contribution in [0.5, 0.6) is 0 Å². The summed E-state index contributed by atoms with van der Waals surface area (Å²) < 4.78 is 1.05. The number of hydrogen-bond donors (Lipinski definition) is 0. The van der Waals surface area contributed by atoms with E-state index in [2.05, 4.69) is 32.8 Å². The van der Waals surface area contributed by atoms with Gasteiger partial charge in [-0.2, -0.15) is 0 Å². The first-order valence-electron chi connectivity index (χ1n) is 5.90. The summed E-state index contributed by atoms with van der Waals surface area (Å²) in [6, 6.07) is 8.07. The molecule has 1 heterocycles. The van der Waals surface area contributed by atoms with Crippen LogP contribution < -0.4 is 0 Å². The topological polar surface area (TPSA) is 25.8 Å². The molecule has 4 heteroatoms. The van der Waals surface area contributed by atoms with Gasteiger partial charge < -0.3 is 0 Å². The minimum absolute atomic E-state index is 0.548. The van der Waals surface area contributed by atoms with E-state index in [0.717, 1.165) is 40.0 Å². The first-order chi connectivity index (χ1) is 8.61. The van der Waals surface area contributed by atoms with E-state index in [-0.39, 0.29) is 0 Å². The highest BCUT2D eigenvalue weighted by molar-refractivity contribution is 9.10. The fourth-order valence-electron chi connectivity index (χ4n) is 1.76. The third-order valence-corrected chi connectivity index (χ3v) is 3.62. The molecule has 0 N–H and O–H groups in total. The molecule has 2 nitrogen and oxygen atoms in total. The van der Waals surface area contributed by atoms with Gasteiger partial charge in [0.05, 0.1) is 5.69 Å². The fraction of sp³-hybridized carbons (Fsp3) is 0.286. The predicted octanol–water partition coefficient (Wildman–Crippen LogP) is 4.82. The second-order valence-corrected chi connectivity index (χ2v) is 5.43. The normalized spacial score (nSPS) is 10.7. The maximum absolute atomic E-state index is 6.18. The van der Waals surface area contributed by atoms with E-state index in [1.807, 2.05) is 31.2 Å². The summed E-state index contributed by atoms with van der Waals surface area (Å²) in [6.07, 6.45) is 1.86. The molecule has 0 aliphatic heterocycles. The summed E-state index contributed by atoms with van der Waals surface area (Å²) in [7, 11) is 0. The van der Waals surface area contributed by atoms with Crippen molar-refractivity contribution >= 4 is 27.5 Å². The van der Waals surface area contributed by atoms with Crippen molar-refractivity contribution in [3.8, 4) is 11.3 Å². The van der Waals surface area contributed by atoms with Crippen LogP contribution in [0.4, 0.5) is 0 Å². The van der Waals surface area contributed by atoms with E-state index in [4.69, 9.17) is 11.6 Å². The van der Waals surface area contributed by atoms with Gasteiger partial charge in [-0.1, -0.05) is 46.6 Å². The molecule has 0 saturated heterocycles. The average Bonchev–Trinajstić information content (AvgIpc) is 2.35. The molecule has 0 spiro atoms. The zero-order valence-corrected chi connectivity index (χ0v) is 12.7. The van der Waals surface area contributed by atoms with Crippen LogP contribution in [-0.4, -0.2) is 9.97 Å². The maximum atomic E-state index is 6.18. The number of aromatic nitrogens is 2. The zero-order chi connectivity index (χ0) is 13.1. The van der Waals surface area contributed by atoms with Crippen molar-refractivity contribution in [1.82, 2.24) is 9.97 Å². The molecular formula is C14H14BrClN2. The highest BCUT2D eigenvalue weighted by Gasteiger charge is 2.10. The first kappa shape index (κ1) is 13.5. The van der Waals surface area contributed by atoms with Crippen LogP contribution >= 0.6 is 27.5 Å². The lowest BCUT2D eigenvalue weighted by molar-refractivity contribution is 0.833. The molecule has 0 atom stereocenters. The van der Waals surface area contributed by atoms with E-state index < -0.39 is 0 Å². The Morgan fingerprint density at radius 1 is 1.17 bits per heavy atom. The second kappa shape index (κ2) is 5.81. The molecule has 94 valence electrons. The minimum atomic E-state index is 0.548. The van der Waals surface area contributed by atoms with Crippen LogP contribution in [0.25, 0.3) is 11.3 Å². The molecular weight excluding hydrogens is 312 g/mol. The number of halogens is 2. The van der Waals surface area contributed by atoms with Crippen LogP contribution in [0.2, 0.25) is 5.15 Å². The van der Waals surface area contributed by atoms with Gasteiger partial charge in [-0.05, 0) is 25.5 Å². The van der Waals surface area contributed by atoms with Gasteiger partial charge in [0.25, 0.3) is 0 Å². The van der Waals surface area contributed by atoms with Crippen molar-refractivity contribution in [3.05, 3.63) is 45.3 Å². The van der Waals surface area contributed by atoms with E-state index in [1.54, 1.807) is 0 Å². The molecule has 2 aromatic rings. The lowest BCUT2D eigenvalue weighted by Gasteiger charge is -2.09. The summed E-state index contributed by atoms with van der Waals surface area (Å²) in [6.45, 7) is 4.06. The molecule has 0 unspecified atom stereocenters. The second-order valence-electron chi connectivity index (χ2n) is 4.16. The number of rotatable bonds is 3. The fourth-order valence-corrected chi connectivity index (χ4v) is 2.21. The van der Waals surface area contributed by atoms with Crippen molar-refractivity contribution in [3.63, 3.8) is 0 Å². The maximum Gasteiger partial charge on any atom is 0.136 e. The van der Waals surface area contributed by atoms with E-state index in [1.165, 1.54) is 0 Å². The Bertz CT molecular complexity index is 552. The largest absolute Gasteiger partial charge is 0.233 e. The minimum Gasteiger partial charge on any atom is -0.233 e. The third kappa shape index (κ3) is 2.90. The van der Waals surface area contributed by atoms with Crippen LogP contribution in [-0.2, 0) is 6.42 Å². The Kier molecular flexibility index (Phi) is 4.36. The van der Waals surface area contributed by atoms with Gasteiger partial charge in [0.15, 0.2) is 0 Å². The predicted molar refractivity (Wildman–Crippen MR) is 78.9 cm³/mol. The van der Waals surface area contributed by atoms with Gasteiger partial charge in [0, 0.05) is 22.0 Å². The Balaban J connectivity index is 2.51. The number of hydrogen-bond acceptors (Lipinski definition) is 2. The summed E-state index contributed by atoms with van der Waals surface area (Å²) in [5.74, 6) is 0.811. The van der Waals surface area contributed by atoms with Crippen molar-refractivity contribution in [1.29, 1.82) is 0 Å². The lowest BCUT2D eigenvalue weighted by Crippen LogP contribution is -2.00. The summed E-state index contributed by atoms with van der Waals surface area (Å²) in [5, 5.41) is 0.548. The van der Waals surface area contributed by atoms with Gasteiger partial charge in [-0.25, -0.2) is 9.97 Å². The molecule has 0 amide bonds. The number of nitrogens with zero attached hydrogens (tertiary/aromatic N) is 2. The van der Waals surface area contributed by atoms with Gasteiger partial charge in [0.1, 0.15) is 11.0 Å². The third-order valence-electron chi connectivity index (χ3n) is 2.72. The van der Waals surface area contributed by atoms with E-state index in [0.29, 0.717) is 5.15 Å². The monoisotopic (exact) mass is 324 g/mol. The quantitative estimate of drug-likeness (QED) is 0.756. The Morgan fingerprint density at radius 3 is 2.44 bits per heavy atom. The molecule has 0 radical (unpaired) electrons. The van der Waals surface area contributed by atoms with Crippen LogP contribution in [0, 0.1) is 6.92 Å². The van der Waals surface area contributed by atoms with Crippen LogP contribution in [0.15, 0.2) is 28.7 Å². The zero-order valence-electron chi connectivity index (χ0n) is 10.4. The summed E-state index contributed by atoms with van der Waals surface area (Å²) >= 11 is 9.61. The SMILES string of the molecule is CCCc1nc(Cl)c(C)c(-c2ccc(Br)cc2)n1. The number of aryl methyl sites for hydroxylation is 1. The molecule has 0 aliphatic carbocycles. The van der Waals surface area contributed by atoms with E-state index in [9.17, 15) is 0 Å². The van der Waals surface area contributed by atoms with Crippen LogP contribution in [0.1, 0.15) is 24.7 Å². The van der Waals surface area contributed by atoms with E-state index >= 15 is 0 Å². The molecule has 18 heavy (non-hydrogen) atoms. The van der Waals surface area contributed by atoms with Crippen molar-refractivity contribution < 1.29 is 0 Å². The molecule has 1 aromatic heterocycles.